The van der Waals surface area contributed by atoms with Crippen LogP contribution in [0.15, 0.2) is 18.2 Å². The van der Waals surface area contributed by atoms with E-state index >= 15 is 0 Å². The van der Waals surface area contributed by atoms with Crippen LogP contribution < -0.4 is 5.73 Å². The molecular formula is C14H14F4N2S. The van der Waals surface area contributed by atoms with E-state index in [1.165, 1.54) is 11.3 Å². The molecule has 1 aromatic heterocycles. The van der Waals surface area contributed by atoms with Gasteiger partial charge in [-0.15, -0.1) is 11.3 Å². The number of hydrogen-bond donors (Lipinski definition) is 1. The van der Waals surface area contributed by atoms with Gasteiger partial charge in [0.05, 0.1) is 17.3 Å². The third-order valence-electron chi connectivity index (χ3n) is 3.12. The Bertz CT molecular complexity index is 649. The zero-order valence-corrected chi connectivity index (χ0v) is 12.3. The first kappa shape index (κ1) is 15.9. The van der Waals surface area contributed by atoms with Gasteiger partial charge in [0.15, 0.2) is 0 Å². The Labute approximate surface area is 123 Å². The van der Waals surface area contributed by atoms with E-state index in [-0.39, 0.29) is 5.56 Å². The molecule has 0 spiro atoms. The molecule has 0 amide bonds. The summed E-state index contributed by atoms with van der Waals surface area (Å²) in [6.45, 7) is 3.81. The molecule has 1 unspecified atom stereocenters. The normalized spacial score (nSPS) is 13.5. The van der Waals surface area contributed by atoms with Crippen LogP contribution in [0.4, 0.5) is 17.6 Å². The van der Waals surface area contributed by atoms with Crippen molar-refractivity contribution in [3.63, 3.8) is 0 Å². The van der Waals surface area contributed by atoms with Crippen LogP contribution in [0.5, 0.6) is 0 Å². The highest BCUT2D eigenvalue weighted by molar-refractivity contribution is 7.11. The Balaban J connectivity index is 2.43. The van der Waals surface area contributed by atoms with Crippen molar-refractivity contribution < 1.29 is 17.6 Å². The fourth-order valence-corrected chi connectivity index (χ4v) is 3.05. The van der Waals surface area contributed by atoms with Gasteiger partial charge in [-0.3, -0.25) is 0 Å². The maximum Gasteiger partial charge on any atom is 0.416 e. The van der Waals surface area contributed by atoms with Crippen LogP contribution in [0.1, 0.15) is 39.7 Å². The highest BCUT2D eigenvalue weighted by atomic mass is 32.1. The number of alkyl halides is 3. The summed E-state index contributed by atoms with van der Waals surface area (Å²) in [5, 5.41) is 0.489. The van der Waals surface area contributed by atoms with E-state index < -0.39 is 23.6 Å². The van der Waals surface area contributed by atoms with E-state index in [1.807, 2.05) is 13.8 Å². The summed E-state index contributed by atoms with van der Waals surface area (Å²) >= 11 is 1.32. The van der Waals surface area contributed by atoms with Crippen molar-refractivity contribution in [1.82, 2.24) is 4.98 Å². The fraction of sp³-hybridized carbons (Fsp3) is 0.357. The molecule has 7 heteroatoms. The number of hydrogen-bond acceptors (Lipinski definition) is 3. The van der Waals surface area contributed by atoms with Gasteiger partial charge in [-0.25, -0.2) is 9.37 Å². The van der Waals surface area contributed by atoms with E-state index in [0.717, 1.165) is 22.7 Å². The van der Waals surface area contributed by atoms with Gasteiger partial charge in [0, 0.05) is 4.88 Å². The Morgan fingerprint density at radius 2 is 1.95 bits per heavy atom. The molecule has 2 rings (SSSR count). The molecule has 0 radical (unpaired) electrons. The van der Waals surface area contributed by atoms with Crippen molar-refractivity contribution in [2.75, 3.05) is 0 Å². The molecule has 0 aliphatic rings. The lowest BCUT2D eigenvalue weighted by Crippen LogP contribution is -2.14. The number of halogens is 4. The van der Waals surface area contributed by atoms with E-state index in [1.54, 1.807) is 0 Å². The first-order chi connectivity index (χ1) is 9.72. The molecule has 0 aliphatic heterocycles. The third kappa shape index (κ3) is 3.41. The number of aryl methyl sites for hydroxylation is 2. The van der Waals surface area contributed by atoms with Crippen LogP contribution in [0.3, 0.4) is 0 Å². The van der Waals surface area contributed by atoms with Crippen molar-refractivity contribution in [2.24, 2.45) is 5.73 Å². The molecule has 1 heterocycles. The number of nitrogens with two attached hydrogens (primary N) is 1. The summed E-state index contributed by atoms with van der Waals surface area (Å²) in [7, 11) is 0. The molecule has 2 nitrogen and oxygen atoms in total. The smallest absolute Gasteiger partial charge is 0.318 e. The molecule has 0 aliphatic carbocycles. The summed E-state index contributed by atoms with van der Waals surface area (Å²) in [4.78, 5) is 5.28. The summed E-state index contributed by atoms with van der Waals surface area (Å²) in [5.41, 5.74) is 5.83. The zero-order valence-electron chi connectivity index (χ0n) is 11.5. The molecule has 21 heavy (non-hydrogen) atoms. The van der Waals surface area contributed by atoms with Crippen molar-refractivity contribution in [1.29, 1.82) is 0 Å². The Morgan fingerprint density at radius 3 is 2.48 bits per heavy atom. The number of nitrogens with zero attached hydrogens (tertiary/aromatic N) is 1. The topological polar surface area (TPSA) is 38.9 Å². The third-order valence-corrected chi connectivity index (χ3v) is 4.21. The maximum atomic E-state index is 13.4. The van der Waals surface area contributed by atoms with Gasteiger partial charge >= 0.3 is 6.18 Å². The molecular weight excluding hydrogens is 304 g/mol. The highest BCUT2D eigenvalue weighted by Gasteiger charge is 2.32. The lowest BCUT2D eigenvalue weighted by atomic mass is 10.0. The van der Waals surface area contributed by atoms with Crippen molar-refractivity contribution in [3.05, 3.63) is 50.7 Å². The van der Waals surface area contributed by atoms with Gasteiger partial charge in [0.1, 0.15) is 10.8 Å². The highest BCUT2D eigenvalue weighted by Crippen LogP contribution is 2.33. The van der Waals surface area contributed by atoms with Crippen molar-refractivity contribution in [2.45, 2.75) is 32.5 Å². The maximum absolute atomic E-state index is 13.4. The van der Waals surface area contributed by atoms with E-state index in [9.17, 15) is 17.6 Å². The minimum Gasteiger partial charge on any atom is -0.318 e. The van der Waals surface area contributed by atoms with Crippen LogP contribution >= 0.6 is 11.3 Å². The van der Waals surface area contributed by atoms with Crippen LogP contribution in [0.2, 0.25) is 0 Å². The largest absolute Gasteiger partial charge is 0.416 e. The minimum absolute atomic E-state index is 0.0683. The standard InChI is InChI=1S/C14H14F4N2S/c1-3-11-7(2)21-13(20-11)12(19)8-4-9(14(16,17)18)6-10(15)5-8/h4-6,12H,3,19H2,1-2H3. The predicted octanol–water partition coefficient (Wildman–Crippen LogP) is 4.22. The predicted molar refractivity (Wildman–Crippen MR) is 73.7 cm³/mol. The second-order valence-corrected chi connectivity index (χ2v) is 5.89. The van der Waals surface area contributed by atoms with Gasteiger partial charge in [0.2, 0.25) is 0 Å². The first-order valence-corrected chi connectivity index (χ1v) is 7.13. The van der Waals surface area contributed by atoms with Crippen LogP contribution in [0.25, 0.3) is 0 Å². The molecule has 0 saturated carbocycles. The molecule has 2 aromatic rings. The fourth-order valence-electron chi connectivity index (χ4n) is 2.01. The first-order valence-electron chi connectivity index (χ1n) is 6.31. The minimum atomic E-state index is -4.61. The number of aromatic nitrogens is 1. The second kappa shape index (κ2) is 5.73. The number of benzene rings is 1. The molecule has 114 valence electrons. The Hall–Kier alpha value is -1.47. The molecule has 1 atom stereocenters. The van der Waals surface area contributed by atoms with Gasteiger partial charge in [-0.05, 0) is 37.1 Å². The molecule has 2 N–H and O–H groups in total. The van der Waals surface area contributed by atoms with Gasteiger partial charge < -0.3 is 5.73 Å². The van der Waals surface area contributed by atoms with Gasteiger partial charge in [-0.2, -0.15) is 13.2 Å². The lowest BCUT2D eigenvalue weighted by molar-refractivity contribution is -0.137. The summed E-state index contributed by atoms with van der Waals surface area (Å²) < 4.78 is 51.6. The zero-order chi connectivity index (χ0) is 15.8. The quantitative estimate of drug-likeness (QED) is 0.861. The van der Waals surface area contributed by atoms with Crippen LogP contribution in [-0.4, -0.2) is 4.98 Å². The monoisotopic (exact) mass is 318 g/mol. The van der Waals surface area contributed by atoms with Gasteiger partial charge in [-0.1, -0.05) is 6.92 Å². The number of thiazole rings is 1. The van der Waals surface area contributed by atoms with E-state index in [2.05, 4.69) is 4.98 Å². The van der Waals surface area contributed by atoms with Crippen molar-refractivity contribution >= 4 is 11.3 Å². The van der Waals surface area contributed by atoms with Gasteiger partial charge in [0.25, 0.3) is 0 Å². The van der Waals surface area contributed by atoms with E-state index in [0.29, 0.717) is 17.5 Å². The SMILES string of the molecule is CCc1nc(C(N)c2cc(F)cc(C(F)(F)F)c2)sc1C. The summed E-state index contributed by atoms with van der Waals surface area (Å²) in [6, 6.07) is 1.48. The molecule has 0 fully saturated rings. The Morgan fingerprint density at radius 1 is 1.29 bits per heavy atom. The van der Waals surface area contributed by atoms with Crippen LogP contribution in [-0.2, 0) is 12.6 Å². The number of rotatable bonds is 3. The van der Waals surface area contributed by atoms with Crippen molar-refractivity contribution in [3.8, 4) is 0 Å². The summed E-state index contributed by atoms with van der Waals surface area (Å²) in [5.74, 6) is -0.959. The molecule has 0 bridgehead atoms. The Kier molecular flexibility index (Phi) is 4.34. The average Bonchev–Trinajstić information content (AvgIpc) is 2.77. The average molecular weight is 318 g/mol. The summed E-state index contributed by atoms with van der Waals surface area (Å²) in [6.07, 6.45) is -3.89. The molecule has 1 aromatic carbocycles. The second-order valence-electron chi connectivity index (χ2n) is 4.66. The van der Waals surface area contributed by atoms with Crippen LogP contribution in [0, 0.1) is 12.7 Å². The van der Waals surface area contributed by atoms with E-state index in [4.69, 9.17) is 5.73 Å². The lowest BCUT2D eigenvalue weighted by Gasteiger charge is -2.13. The molecule has 0 saturated heterocycles.